The number of rotatable bonds is 12. The van der Waals surface area contributed by atoms with Crippen LogP contribution in [0.2, 0.25) is 0 Å². The molecule has 0 aromatic heterocycles. The molecule has 186 valence electrons. The van der Waals surface area contributed by atoms with Gasteiger partial charge in [-0.15, -0.1) is 12.4 Å². The summed E-state index contributed by atoms with van der Waals surface area (Å²) in [6.45, 7) is 4.36. The van der Waals surface area contributed by atoms with Crippen LogP contribution in [-0.2, 0) is 27.3 Å². The summed E-state index contributed by atoms with van der Waals surface area (Å²) >= 11 is 0. The van der Waals surface area contributed by atoms with Crippen LogP contribution in [0, 0.1) is 5.92 Å². The number of carbonyl (C=O) groups is 3. The van der Waals surface area contributed by atoms with Gasteiger partial charge in [0.05, 0.1) is 0 Å². The normalized spacial score (nSPS) is 13.0. The number of benzene rings is 2. The summed E-state index contributed by atoms with van der Waals surface area (Å²) in [5, 5.41) is 18.0. The van der Waals surface area contributed by atoms with Crippen LogP contribution in [0.3, 0.4) is 0 Å². The molecular formula is C25H35ClN4O4. The Morgan fingerprint density at radius 1 is 0.941 bits per heavy atom. The second-order valence-electron chi connectivity index (χ2n) is 8.10. The largest absolute Gasteiger partial charge is 0.508 e. The zero-order chi connectivity index (χ0) is 24.2. The molecule has 0 bridgehead atoms. The average Bonchev–Trinajstić information content (AvgIpc) is 2.82. The van der Waals surface area contributed by atoms with E-state index in [1.165, 1.54) is 12.1 Å². The van der Waals surface area contributed by atoms with E-state index in [0.29, 0.717) is 13.0 Å². The summed E-state index contributed by atoms with van der Waals surface area (Å²) < 4.78 is 0. The fraction of sp³-hybridized carbons (Fsp3) is 0.400. The highest BCUT2D eigenvalue weighted by atomic mass is 35.5. The van der Waals surface area contributed by atoms with E-state index in [9.17, 15) is 19.5 Å². The van der Waals surface area contributed by atoms with Gasteiger partial charge in [0.25, 0.3) is 0 Å². The second-order valence-corrected chi connectivity index (χ2v) is 8.10. The summed E-state index contributed by atoms with van der Waals surface area (Å²) in [6, 6.07) is 14.3. The molecule has 3 amide bonds. The maximum absolute atomic E-state index is 13.2. The van der Waals surface area contributed by atoms with Crippen LogP contribution in [0.4, 0.5) is 0 Å². The van der Waals surface area contributed by atoms with Gasteiger partial charge in [-0.05, 0) is 29.2 Å². The maximum atomic E-state index is 13.2. The van der Waals surface area contributed by atoms with Crippen LogP contribution in [0.1, 0.15) is 37.8 Å². The number of nitrogens with one attached hydrogen (secondary N) is 3. The third kappa shape index (κ3) is 9.41. The monoisotopic (exact) mass is 490 g/mol. The number of hydrogen-bond donors (Lipinski definition) is 5. The van der Waals surface area contributed by atoms with Crippen LogP contribution < -0.4 is 21.7 Å². The third-order valence-electron chi connectivity index (χ3n) is 5.50. The van der Waals surface area contributed by atoms with Gasteiger partial charge < -0.3 is 26.8 Å². The fourth-order valence-electron chi connectivity index (χ4n) is 3.33. The maximum Gasteiger partial charge on any atom is 0.243 e. The lowest BCUT2D eigenvalue weighted by Crippen LogP contribution is -2.56. The number of phenols is 1. The molecule has 0 aliphatic carbocycles. The molecule has 0 aliphatic heterocycles. The Labute approximate surface area is 207 Å². The summed E-state index contributed by atoms with van der Waals surface area (Å²) in [5.41, 5.74) is 7.18. The molecule has 2 rings (SSSR count). The van der Waals surface area contributed by atoms with Crippen molar-refractivity contribution in [3.8, 4) is 5.75 Å². The molecule has 0 heterocycles. The van der Waals surface area contributed by atoms with E-state index < -0.39 is 18.0 Å². The predicted molar refractivity (Wildman–Crippen MR) is 134 cm³/mol. The van der Waals surface area contributed by atoms with Gasteiger partial charge in [0.2, 0.25) is 17.7 Å². The van der Waals surface area contributed by atoms with Crippen molar-refractivity contribution in [3.05, 3.63) is 65.7 Å². The van der Waals surface area contributed by atoms with Gasteiger partial charge in [-0.25, -0.2) is 0 Å². The summed E-state index contributed by atoms with van der Waals surface area (Å²) in [4.78, 5) is 38.3. The summed E-state index contributed by atoms with van der Waals surface area (Å²) in [5.74, 6) is -1.07. The van der Waals surface area contributed by atoms with Gasteiger partial charge in [-0.3, -0.25) is 14.4 Å². The smallest absolute Gasteiger partial charge is 0.243 e. The van der Waals surface area contributed by atoms with Crippen LogP contribution in [-0.4, -0.2) is 41.5 Å². The van der Waals surface area contributed by atoms with Crippen molar-refractivity contribution in [1.82, 2.24) is 16.0 Å². The van der Waals surface area contributed by atoms with Gasteiger partial charge in [-0.2, -0.15) is 0 Å². The minimum absolute atomic E-state index is 0. The Morgan fingerprint density at radius 2 is 1.59 bits per heavy atom. The molecule has 9 heteroatoms. The lowest BCUT2D eigenvalue weighted by molar-refractivity contribution is -0.133. The van der Waals surface area contributed by atoms with Crippen molar-refractivity contribution in [1.29, 1.82) is 0 Å². The summed E-state index contributed by atoms with van der Waals surface area (Å²) in [6.07, 6.45) is 0.985. The van der Waals surface area contributed by atoms with Gasteiger partial charge in [-0.1, -0.05) is 62.7 Å². The zero-order valence-electron chi connectivity index (χ0n) is 19.6. The number of phenolic OH excluding ortho intramolecular Hbond substituents is 1. The molecule has 0 saturated heterocycles. The Bertz CT molecular complexity index is 909. The molecule has 8 nitrogen and oxygen atoms in total. The molecule has 0 aliphatic rings. The lowest BCUT2D eigenvalue weighted by atomic mass is 9.97. The number of hydrogen-bond acceptors (Lipinski definition) is 5. The SMILES string of the molecule is CC[C@H](C)[C@H](NC(=O)[C@H](Cc1ccc(O)cc1)NC(=O)CCN)C(=O)NCc1ccccc1.Cl. The Morgan fingerprint density at radius 3 is 2.18 bits per heavy atom. The van der Waals surface area contributed by atoms with Crippen LogP contribution >= 0.6 is 12.4 Å². The fourth-order valence-corrected chi connectivity index (χ4v) is 3.33. The highest BCUT2D eigenvalue weighted by molar-refractivity contribution is 5.92. The van der Waals surface area contributed by atoms with Gasteiger partial charge in [0, 0.05) is 25.9 Å². The van der Waals surface area contributed by atoms with Gasteiger partial charge >= 0.3 is 0 Å². The Kier molecular flexibility index (Phi) is 12.7. The predicted octanol–water partition coefficient (Wildman–Crippen LogP) is 2.04. The van der Waals surface area contributed by atoms with E-state index >= 15 is 0 Å². The first-order valence-corrected chi connectivity index (χ1v) is 11.2. The molecular weight excluding hydrogens is 456 g/mol. The second kappa shape index (κ2) is 14.9. The van der Waals surface area contributed by atoms with Crippen molar-refractivity contribution in [3.63, 3.8) is 0 Å². The van der Waals surface area contributed by atoms with Crippen LogP contribution in [0.5, 0.6) is 5.75 Å². The molecule has 3 atom stereocenters. The van der Waals surface area contributed by atoms with E-state index in [1.54, 1.807) is 12.1 Å². The minimum atomic E-state index is -0.887. The van der Waals surface area contributed by atoms with Crippen LogP contribution in [0.25, 0.3) is 0 Å². The molecule has 2 aromatic rings. The van der Waals surface area contributed by atoms with E-state index in [2.05, 4.69) is 16.0 Å². The highest BCUT2D eigenvalue weighted by Gasteiger charge is 2.29. The van der Waals surface area contributed by atoms with E-state index in [-0.39, 0.29) is 55.3 Å². The molecule has 34 heavy (non-hydrogen) atoms. The van der Waals surface area contributed by atoms with E-state index in [1.807, 2.05) is 44.2 Å². The van der Waals surface area contributed by atoms with Gasteiger partial charge in [0.1, 0.15) is 17.8 Å². The number of amides is 3. The summed E-state index contributed by atoms with van der Waals surface area (Å²) in [7, 11) is 0. The number of halogens is 1. The number of nitrogens with two attached hydrogens (primary N) is 1. The standard InChI is InChI=1S/C25H34N4O4.ClH/c1-3-17(2)23(25(33)27-16-19-7-5-4-6-8-19)29-24(32)21(28-22(31)13-14-26)15-18-9-11-20(30)12-10-18;/h4-12,17,21,23,30H,3,13-16,26H2,1-2H3,(H,27,33)(H,28,31)(H,29,32);1H/t17-,21-,23-;/m0./s1. The Balaban J connectivity index is 0.00000578. The molecule has 2 aromatic carbocycles. The molecule has 0 fully saturated rings. The van der Waals surface area contributed by atoms with Crippen molar-refractivity contribution >= 4 is 30.1 Å². The topological polar surface area (TPSA) is 134 Å². The van der Waals surface area contributed by atoms with Crippen LogP contribution in [0.15, 0.2) is 54.6 Å². The van der Waals surface area contributed by atoms with Crippen molar-refractivity contribution in [2.75, 3.05) is 6.54 Å². The first-order valence-electron chi connectivity index (χ1n) is 11.2. The molecule has 0 unspecified atom stereocenters. The van der Waals surface area contributed by atoms with Crippen molar-refractivity contribution in [2.24, 2.45) is 11.7 Å². The Hall–Kier alpha value is -3.10. The molecule has 0 saturated carbocycles. The van der Waals surface area contributed by atoms with Crippen molar-refractivity contribution in [2.45, 2.75) is 51.7 Å². The number of carbonyl (C=O) groups excluding carboxylic acids is 3. The first kappa shape index (κ1) is 28.9. The van der Waals surface area contributed by atoms with Gasteiger partial charge in [0.15, 0.2) is 0 Å². The molecule has 0 spiro atoms. The molecule has 6 N–H and O–H groups in total. The van der Waals surface area contributed by atoms with E-state index in [0.717, 1.165) is 11.1 Å². The third-order valence-corrected chi connectivity index (χ3v) is 5.50. The minimum Gasteiger partial charge on any atom is -0.508 e. The van der Waals surface area contributed by atoms with Crippen molar-refractivity contribution < 1.29 is 19.5 Å². The highest BCUT2D eigenvalue weighted by Crippen LogP contribution is 2.13. The quantitative estimate of drug-likeness (QED) is 0.310. The first-order chi connectivity index (χ1) is 15.8. The average molecular weight is 491 g/mol. The molecule has 0 radical (unpaired) electrons. The lowest BCUT2D eigenvalue weighted by Gasteiger charge is -2.26. The zero-order valence-corrected chi connectivity index (χ0v) is 20.4. The number of aromatic hydroxyl groups is 1. The van der Waals surface area contributed by atoms with E-state index in [4.69, 9.17) is 5.73 Å².